The molecule has 2 aliphatic carbocycles. The molecule has 156 valence electrons. The van der Waals surface area contributed by atoms with Gasteiger partial charge in [-0.1, -0.05) is 61.4 Å². The number of ether oxygens (including phenoxy) is 1. The van der Waals surface area contributed by atoms with E-state index in [9.17, 15) is 19.5 Å². The molecule has 2 aromatic rings. The summed E-state index contributed by atoms with van der Waals surface area (Å²) in [6.45, 7) is -0.175. The summed E-state index contributed by atoms with van der Waals surface area (Å²) in [5, 5.41) is 14.1. The number of carbonyl (C=O) groups excluding carboxylic acids is 2. The Labute approximate surface area is 174 Å². The summed E-state index contributed by atoms with van der Waals surface area (Å²) in [7, 11) is 0. The fraction of sp³-hybridized carbons (Fsp3) is 0.348. The number of fused-ring (bicyclic) bond motifs is 3. The maximum atomic E-state index is 12.1. The van der Waals surface area contributed by atoms with Gasteiger partial charge in [0.15, 0.2) is 0 Å². The standard InChI is InChI=1S/C23H24N2O5/c26-21(25-20(22(27)28)11-14-9-10-14)12-24-23(29)30-13-19-17-7-3-1-5-15(17)16-6-2-4-8-18(16)19/h1-8,14,19-20H,9-13H2,(H,24,29)(H,25,26)(H,27,28). The van der Waals surface area contributed by atoms with Gasteiger partial charge in [-0.3, -0.25) is 4.79 Å². The SMILES string of the molecule is O=C(CNC(=O)OCC1c2ccccc2-c2ccccc21)NC(CC1CC1)C(=O)O. The maximum Gasteiger partial charge on any atom is 0.407 e. The van der Waals surface area contributed by atoms with Crippen molar-refractivity contribution in [2.75, 3.05) is 13.2 Å². The molecule has 4 rings (SSSR count). The first-order chi connectivity index (χ1) is 14.5. The first kappa shape index (κ1) is 19.9. The van der Waals surface area contributed by atoms with E-state index in [-0.39, 0.29) is 19.1 Å². The number of hydrogen-bond acceptors (Lipinski definition) is 4. The molecule has 3 N–H and O–H groups in total. The molecule has 1 atom stereocenters. The molecule has 2 amide bonds. The molecule has 0 aromatic heterocycles. The molecule has 1 unspecified atom stereocenters. The number of carbonyl (C=O) groups is 3. The van der Waals surface area contributed by atoms with Gasteiger partial charge in [-0.15, -0.1) is 0 Å². The highest BCUT2D eigenvalue weighted by atomic mass is 16.5. The van der Waals surface area contributed by atoms with E-state index in [1.807, 2.05) is 36.4 Å². The van der Waals surface area contributed by atoms with Crippen molar-refractivity contribution >= 4 is 18.0 Å². The van der Waals surface area contributed by atoms with Crippen molar-refractivity contribution in [2.24, 2.45) is 5.92 Å². The Balaban J connectivity index is 1.29. The minimum absolute atomic E-state index is 0.0630. The van der Waals surface area contributed by atoms with Crippen molar-refractivity contribution in [2.45, 2.75) is 31.2 Å². The van der Waals surface area contributed by atoms with Crippen LogP contribution in [0.15, 0.2) is 48.5 Å². The van der Waals surface area contributed by atoms with E-state index < -0.39 is 24.0 Å². The van der Waals surface area contributed by atoms with Gasteiger partial charge in [-0.25, -0.2) is 9.59 Å². The zero-order chi connectivity index (χ0) is 21.1. The lowest BCUT2D eigenvalue weighted by molar-refractivity contribution is -0.142. The number of benzene rings is 2. The summed E-state index contributed by atoms with van der Waals surface area (Å²) < 4.78 is 5.37. The van der Waals surface area contributed by atoms with Gasteiger partial charge in [0.1, 0.15) is 19.2 Å². The van der Waals surface area contributed by atoms with Crippen molar-refractivity contribution in [1.29, 1.82) is 0 Å². The largest absolute Gasteiger partial charge is 0.480 e. The van der Waals surface area contributed by atoms with Gasteiger partial charge in [-0.2, -0.15) is 0 Å². The molecule has 2 aliphatic rings. The fourth-order valence-electron chi connectivity index (χ4n) is 3.96. The molecule has 0 spiro atoms. The molecule has 1 saturated carbocycles. The highest BCUT2D eigenvalue weighted by Crippen LogP contribution is 2.44. The Morgan fingerprint density at radius 1 is 1.00 bits per heavy atom. The van der Waals surface area contributed by atoms with Gasteiger partial charge in [0.05, 0.1) is 0 Å². The van der Waals surface area contributed by atoms with E-state index in [1.54, 1.807) is 0 Å². The quantitative estimate of drug-likeness (QED) is 0.623. The predicted molar refractivity (Wildman–Crippen MR) is 110 cm³/mol. The topological polar surface area (TPSA) is 105 Å². The van der Waals surface area contributed by atoms with Crippen LogP contribution < -0.4 is 10.6 Å². The number of hydrogen-bond donors (Lipinski definition) is 3. The van der Waals surface area contributed by atoms with Crippen LogP contribution in [-0.4, -0.2) is 42.3 Å². The summed E-state index contributed by atoms with van der Waals surface area (Å²) in [4.78, 5) is 35.4. The minimum Gasteiger partial charge on any atom is -0.480 e. The zero-order valence-corrected chi connectivity index (χ0v) is 16.5. The second-order valence-electron chi connectivity index (χ2n) is 7.82. The van der Waals surface area contributed by atoms with E-state index in [0.717, 1.165) is 35.1 Å². The Morgan fingerprint density at radius 3 is 2.17 bits per heavy atom. The monoisotopic (exact) mass is 408 g/mol. The van der Waals surface area contributed by atoms with Crippen LogP contribution in [-0.2, 0) is 14.3 Å². The van der Waals surface area contributed by atoms with Gasteiger partial charge in [-0.05, 0) is 34.6 Å². The van der Waals surface area contributed by atoms with Crippen LogP contribution >= 0.6 is 0 Å². The molecule has 0 heterocycles. The number of amides is 2. The van der Waals surface area contributed by atoms with Gasteiger partial charge >= 0.3 is 12.1 Å². The number of carboxylic acid groups (broad SMARTS) is 1. The van der Waals surface area contributed by atoms with Crippen LogP contribution in [0.1, 0.15) is 36.3 Å². The summed E-state index contributed by atoms with van der Waals surface area (Å²) >= 11 is 0. The molecule has 7 heteroatoms. The van der Waals surface area contributed by atoms with Crippen molar-refractivity contribution in [3.63, 3.8) is 0 Å². The van der Waals surface area contributed by atoms with Crippen LogP contribution in [0.3, 0.4) is 0 Å². The van der Waals surface area contributed by atoms with E-state index in [2.05, 4.69) is 22.8 Å². The Bertz CT molecular complexity index is 924. The Hall–Kier alpha value is -3.35. The van der Waals surface area contributed by atoms with Crippen molar-refractivity contribution in [1.82, 2.24) is 10.6 Å². The molecule has 7 nitrogen and oxygen atoms in total. The van der Waals surface area contributed by atoms with Crippen LogP contribution in [0.2, 0.25) is 0 Å². The molecular weight excluding hydrogens is 384 g/mol. The van der Waals surface area contributed by atoms with Gasteiger partial charge < -0.3 is 20.5 Å². The Kier molecular flexibility index (Phi) is 5.70. The lowest BCUT2D eigenvalue weighted by atomic mass is 9.98. The minimum atomic E-state index is -1.06. The zero-order valence-electron chi connectivity index (χ0n) is 16.5. The number of alkyl carbamates (subject to hydrolysis) is 1. The van der Waals surface area contributed by atoms with E-state index in [0.29, 0.717) is 12.3 Å². The second kappa shape index (κ2) is 8.57. The number of rotatable bonds is 8. The van der Waals surface area contributed by atoms with E-state index in [1.165, 1.54) is 0 Å². The van der Waals surface area contributed by atoms with Gasteiger partial charge in [0, 0.05) is 5.92 Å². The van der Waals surface area contributed by atoms with Gasteiger partial charge in [0.25, 0.3) is 0 Å². The molecule has 0 radical (unpaired) electrons. The lowest BCUT2D eigenvalue weighted by Gasteiger charge is -2.16. The average molecular weight is 408 g/mol. The molecule has 30 heavy (non-hydrogen) atoms. The first-order valence-electron chi connectivity index (χ1n) is 10.1. The van der Waals surface area contributed by atoms with Crippen molar-refractivity contribution in [3.05, 3.63) is 59.7 Å². The van der Waals surface area contributed by atoms with Crippen LogP contribution in [0.4, 0.5) is 4.79 Å². The molecule has 0 aliphatic heterocycles. The van der Waals surface area contributed by atoms with E-state index in [4.69, 9.17) is 4.74 Å². The third-order valence-electron chi connectivity index (χ3n) is 5.64. The number of aliphatic carboxylic acids is 1. The molecular formula is C23H24N2O5. The third-order valence-corrected chi connectivity index (χ3v) is 5.64. The maximum absolute atomic E-state index is 12.1. The average Bonchev–Trinajstić information content (AvgIpc) is 3.51. The highest BCUT2D eigenvalue weighted by Gasteiger charge is 2.31. The molecule has 2 aromatic carbocycles. The smallest absolute Gasteiger partial charge is 0.407 e. The van der Waals surface area contributed by atoms with Crippen LogP contribution in [0.25, 0.3) is 11.1 Å². The normalized spacial score (nSPS) is 15.6. The highest BCUT2D eigenvalue weighted by molar-refractivity contribution is 5.86. The fourth-order valence-corrected chi connectivity index (χ4v) is 3.96. The summed E-state index contributed by atoms with van der Waals surface area (Å²) in [6, 6.07) is 15.1. The van der Waals surface area contributed by atoms with Crippen molar-refractivity contribution in [3.8, 4) is 11.1 Å². The number of nitrogens with one attached hydrogen (secondary N) is 2. The van der Waals surface area contributed by atoms with Gasteiger partial charge in [0.2, 0.25) is 5.91 Å². The Morgan fingerprint density at radius 2 is 1.60 bits per heavy atom. The van der Waals surface area contributed by atoms with Crippen molar-refractivity contribution < 1.29 is 24.2 Å². The third kappa shape index (κ3) is 4.45. The second-order valence-corrected chi connectivity index (χ2v) is 7.82. The summed E-state index contributed by atoms with van der Waals surface area (Å²) in [5.74, 6) is -1.30. The molecule has 0 bridgehead atoms. The lowest BCUT2D eigenvalue weighted by Crippen LogP contribution is -2.45. The summed E-state index contributed by atoms with van der Waals surface area (Å²) in [6.07, 6.45) is 1.71. The first-order valence-corrected chi connectivity index (χ1v) is 10.1. The molecule has 1 fully saturated rings. The van der Waals surface area contributed by atoms with Crippen LogP contribution in [0, 0.1) is 5.92 Å². The van der Waals surface area contributed by atoms with Crippen LogP contribution in [0.5, 0.6) is 0 Å². The predicted octanol–water partition coefficient (Wildman–Crippen LogP) is 2.89. The molecule has 0 saturated heterocycles. The summed E-state index contributed by atoms with van der Waals surface area (Å²) in [5.41, 5.74) is 4.48. The number of carboxylic acids is 1. The van der Waals surface area contributed by atoms with E-state index >= 15 is 0 Å².